The number of hydrogen-bond donors (Lipinski definition) is 2. The number of amides is 2. The van der Waals surface area contributed by atoms with Gasteiger partial charge in [0.15, 0.2) is 0 Å². The van der Waals surface area contributed by atoms with Gasteiger partial charge in [-0.05, 0) is 35.4 Å². The van der Waals surface area contributed by atoms with Gasteiger partial charge in [0.2, 0.25) is 0 Å². The Morgan fingerprint density at radius 3 is 2.19 bits per heavy atom. The van der Waals surface area contributed by atoms with Crippen LogP contribution in [0.4, 0.5) is 0 Å². The quantitative estimate of drug-likeness (QED) is 0.747. The standard InChI is InChI=1S/C21H19N3O2/c1-22-20(25)16-9-5-10-17(13-16)21(26)24-19(15-7-3-2-4-8-15)18-11-6-12-23-14-18/h2-14,19H,1H3,(H,22,25)(H,24,26)/t19-/m1/s1. The van der Waals surface area contributed by atoms with E-state index < -0.39 is 0 Å². The molecule has 0 aliphatic heterocycles. The Bertz CT molecular complexity index is 856. The van der Waals surface area contributed by atoms with E-state index in [1.54, 1.807) is 43.7 Å². The highest BCUT2D eigenvalue weighted by Crippen LogP contribution is 2.21. The minimum atomic E-state index is -0.332. The Hall–Kier alpha value is -3.47. The lowest BCUT2D eigenvalue weighted by Gasteiger charge is -2.19. The lowest BCUT2D eigenvalue weighted by atomic mass is 9.99. The molecule has 0 radical (unpaired) electrons. The smallest absolute Gasteiger partial charge is 0.252 e. The van der Waals surface area contributed by atoms with Gasteiger partial charge in [0.05, 0.1) is 6.04 Å². The average molecular weight is 345 g/mol. The van der Waals surface area contributed by atoms with Gasteiger partial charge < -0.3 is 10.6 Å². The first-order valence-corrected chi connectivity index (χ1v) is 8.27. The maximum Gasteiger partial charge on any atom is 0.252 e. The van der Waals surface area contributed by atoms with Crippen molar-refractivity contribution in [2.45, 2.75) is 6.04 Å². The van der Waals surface area contributed by atoms with Gasteiger partial charge in [-0.1, -0.05) is 42.5 Å². The summed E-state index contributed by atoms with van der Waals surface area (Å²) in [7, 11) is 1.56. The van der Waals surface area contributed by atoms with Crippen LogP contribution in [0.25, 0.3) is 0 Å². The molecule has 1 aromatic heterocycles. The number of carbonyl (C=O) groups is 2. The normalized spacial score (nSPS) is 11.4. The van der Waals surface area contributed by atoms with Gasteiger partial charge in [-0.3, -0.25) is 14.6 Å². The van der Waals surface area contributed by atoms with Crippen LogP contribution in [0, 0.1) is 0 Å². The van der Waals surface area contributed by atoms with Crippen LogP contribution in [0.1, 0.15) is 37.9 Å². The molecule has 0 aliphatic carbocycles. The van der Waals surface area contributed by atoms with Crippen molar-refractivity contribution in [2.24, 2.45) is 0 Å². The summed E-state index contributed by atoms with van der Waals surface area (Å²) >= 11 is 0. The second-order valence-electron chi connectivity index (χ2n) is 5.76. The Labute approximate surface area is 152 Å². The molecule has 0 aliphatic rings. The third-order valence-corrected chi connectivity index (χ3v) is 4.04. The van der Waals surface area contributed by atoms with Gasteiger partial charge >= 0.3 is 0 Å². The summed E-state index contributed by atoms with van der Waals surface area (Å²) < 4.78 is 0. The number of nitrogens with one attached hydrogen (secondary N) is 2. The van der Waals surface area contributed by atoms with Crippen molar-refractivity contribution in [3.8, 4) is 0 Å². The Morgan fingerprint density at radius 1 is 0.846 bits per heavy atom. The Balaban J connectivity index is 1.90. The van der Waals surface area contributed by atoms with Crippen LogP contribution in [0.5, 0.6) is 0 Å². The van der Waals surface area contributed by atoms with E-state index >= 15 is 0 Å². The molecule has 0 bridgehead atoms. The zero-order chi connectivity index (χ0) is 18.4. The third kappa shape index (κ3) is 3.95. The van der Waals surface area contributed by atoms with Crippen molar-refractivity contribution in [3.05, 3.63) is 101 Å². The van der Waals surface area contributed by atoms with Crippen molar-refractivity contribution < 1.29 is 9.59 Å². The van der Waals surface area contributed by atoms with Crippen molar-refractivity contribution >= 4 is 11.8 Å². The summed E-state index contributed by atoms with van der Waals surface area (Å²) in [4.78, 5) is 28.8. The molecule has 3 aromatic rings. The second kappa shape index (κ2) is 8.07. The molecular weight excluding hydrogens is 326 g/mol. The van der Waals surface area contributed by atoms with E-state index in [-0.39, 0.29) is 17.9 Å². The predicted octanol–water partition coefficient (Wildman–Crippen LogP) is 2.96. The summed E-state index contributed by atoms with van der Waals surface area (Å²) in [6, 6.07) is 19.8. The lowest BCUT2D eigenvalue weighted by Crippen LogP contribution is -2.29. The molecule has 0 saturated heterocycles. The van der Waals surface area contributed by atoms with Gasteiger partial charge in [-0.2, -0.15) is 0 Å². The second-order valence-corrected chi connectivity index (χ2v) is 5.76. The lowest BCUT2D eigenvalue weighted by molar-refractivity contribution is 0.0943. The molecule has 2 N–H and O–H groups in total. The molecule has 2 amide bonds. The molecule has 0 saturated carbocycles. The Kier molecular flexibility index (Phi) is 5.39. The van der Waals surface area contributed by atoms with E-state index in [2.05, 4.69) is 15.6 Å². The Morgan fingerprint density at radius 2 is 1.54 bits per heavy atom. The van der Waals surface area contributed by atoms with Gasteiger partial charge in [-0.15, -0.1) is 0 Å². The molecule has 1 atom stereocenters. The summed E-state index contributed by atoms with van der Waals surface area (Å²) in [5, 5.41) is 5.60. The molecule has 26 heavy (non-hydrogen) atoms. The van der Waals surface area contributed by atoms with Crippen molar-refractivity contribution in [1.82, 2.24) is 15.6 Å². The minimum absolute atomic E-state index is 0.230. The summed E-state index contributed by atoms with van der Waals surface area (Å²) in [6.45, 7) is 0. The molecule has 130 valence electrons. The zero-order valence-corrected chi connectivity index (χ0v) is 14.3. The van der Waals surface area contributed by atoms with Gasteiger partial charge in [-0.25, -0.2) is 0 Å². The van der Waals surface area contributed by atoms with Gasteiger partial charge in [0, 0.05) is 30.6 Å². The fraction of sp³-hybridized carbons (Fsp3) is 0.0952. The maximum absolute atomic E-state index is 12.8. The summed E-state index contributed by atoms with van der Waals surface area (Å²) in [5.41, 5.74) is 2.71. The number of benzene rings is 2. The van der Waals surface area contributed by atoms with Crippen molar-refractivity contribution in [2.75, 3.05) is 7.05 Å². The number of carbonyl (C=O) groups excluding carboxylic acids is 2. The predicted molar refractivity (Wildman–Crippen MR) is 99.8 cm³/mol. The monoisotopic (exact) mass is 345 g/mol. The molecular formula is C21H19N3O2. The number of aromatic nitrogens is 1. The average Bonchev–Trinajstić information content (AvgIpc) is 2.72. The molecule has 5 nitrogen and oxygen atoms in total. The van der Waals surface area contributed by atoms with Crippen molar-refractivity contribution in [1.29, 1.82) is 0 Å². The highest BCUT2D eigenvalue weighted by molar-refractivity contribution is 5.99. The SMILES string of the molecule is CNC(=O)c1cccc(C(=O)N[C@H](c2ccccc2)c2cccnc2)c1. The van der Waals surface area contributed by atoms with Crippen LogP contribution >= 0.6 is 0 Å². The first kappa shape index (κ1) is 17.4. The summed E-state index contributed by atoms with van der Waals surface area (Å²) in [5.74, 6) is -0.486. The van der Waals surface area contributed by atoms with Crippen LogP contribution < -0.4 is 10.6 Å². The van der Waals surface area contributed by atoms with E-state index in [4.69, 9.17) is 0 Å². The van der Waals surface area contributed by atoms with Crippen LogP contribution in [0.2, 0.25) is 0 Å². The van der Waals surface area contributed by atoms with Crippen LogP contribution in [0.3, 0.4) is 0 Å². The number of hydrogen-bond acceptors (Lipinski definition) is 3. The first-order chi connectivity index (χ1) is 12.7. The van der Waals surface area contributed by atoms with Gasteiger partial charge in [0.25, 0.3) is 11.8 Å². The molecule has 2 aromatic carbocycles. The molecule has 0 unspecified atom stereocenters. The third-order valence-electron chi connectivity index (χ3n) is 4.04. The highest BCUT2D eigenvalue weighted by atomic mass is 16.2. The van der Waals surface area contributed by atoms with Gasteiger partial charge in [0.1, 0.15) is 0 Å². The van der Waals surface area contributed by atoms with E-state index in [0.29, 0.717) is 11.1 Å². The largest absolute Gasteiger partial charge is 0.355 e. The fourth-order valence-electron chi connectivity index (χ4n) is 2.71. The van der Waals surface area contributed by atoms with Crippen LogP contribution in [-0.4, -0.2) is 23.8 Å². The molecule has 3 rings (SSSR count). The maximum atomic E-state index is 12.8. The minimum Gasteiger partial charge on any atom is -0.355 e. The van der Waals surface area contributed by atoms with Crippen LogP contribution in [0.15, 0.2) is 79.1 Å². The molecule has 0 spiro atoms. The topological polar surface area (TPSA) is 71.1 Å². The molecule has 1 heterocycles. The van der Waals surface area contributed by atoms with E-state index in [0.717, 1.165) is 11.1 Å². The number of nitrogens with zero attached hydrogens (tertiary/aromatic N) is 1. The summed E-state index contributed by atoms with van der Waals surface area (Å²) in [6.07, 6.45) is 3.43. The fourth-order valence-corrected chi connectivity index (χ4v) is 2.71. The first-order valence-electron chi connectivity index (χ1n) is 8.27. The van der Waals surface area contributed by atoms with E-state index in [9.17, 15) is 9.59 Å². The molecule has 5 heteroatoms. The highest BCUT2D eigenvalue weighted by Gasteiger charge is 2.18. The van der Waals surface area contributed by atoms with Crippen molar-refractivity contribution in [3.63, 3.8) is 0 Å². The number of pyridine rings is 1. The zero-order valence-electron chi connectivity index (χ0n) is 14.3. The molecule has 0 fully saturated rings. The van der Waals surface area contributed by atoms with E-state index in [1.807, 2.05) is 42.5 Å². The van der Waals surface area contributed by atoms with Crippen LogP contribution in [-0.2, 0) is 0 Å². The number of rotatable bonds is 5. The van der Waals surface area contributed by atoms with E-state index in [1.165, 1.54) is 0 Å².